The highest BCUT2D eigenvalue weighted by Gasteiger charge is 2.06. The summed E-state index contributed by atoms with van der Waals surface area (Å²) in [6.07, 6.45) is 1.76. The van der Waals surface area contributed by atoms with E-state index in [0.717, 1.165) is 16.3 Å². The second-order valence-electron chi connectivity index (χ2n) is 3.61. The van der Waals surface area contributed by atoms with Crippen LogP contribution in [0.15, 0.2) is 29.8 Å². The largest absolute Gasteiger partial charge is 0.478 e. The van der Waals surface area contributed by atoms with E-state index in [-0.39, 0.29) is 0 Å². The van der Waals surface area contributed by atoms with Crippen LogP contribution in [-0.2, 0) is 6.54 Å². The van der Waals surface area contributed by atoms with Crippen LogP contribution in [0.3, 0.4) is 0 Å². The predicted molar refractivity (Wildman–Crippen MR) is 67.6 cm³/mol. The molecule has 2 aromatic rings. The molecule has 0 unspecified atom stereocenters. The maximum absolute atomic E-state index is 10.8. The zero-order valence-corrected chi connectivity index (χ0v) is 10.1. The minimum absolute atomic E-state index is 0.338. The highest BCUT2D eigenvalue weighted by atomic mass is 32.1. The number of carboxylic acids is 1. The van der Waals surface area contributed by atoms with Crippen LogP contribution >= 0.6 is 11.3 Å². The third-order valence-electron chi connectivity index (χ3n) is 2.38. The lowest BCUT2D eigenvalue weighted by atomic mass is 10.1. The van der Waals surface area contributed by atoms with Gasteiger partial charge in [0.25, 0.3) is 0 Å². The standard InChI is InChI=1S/C12H12N2O2S/c1-8-6-9(2-3-10(8)12(15)16)14-7-11-13-4-5-17-11/h2-6,14H,7H2,1H3,(H,15,16). The maximum Gasteiger partial charge on any atom is 0.335 e. The number of carboxylic acid groups (broad SMARTS) is 1. The minimum Gasteiger partial charge on any atom is -0.478 e. The van der Waals surface area contributed by atoms with E-state index in [4.69, 9.17) is 5.11 Å². The topological polar surface area (TPSA) is 62.2 Å². The predicted octanol–water partition coefficient (Wildman–Crippen LogP) is 2.76. The van der Waals surface area contributed by atoms with Gasteiger partial charge in [-0.3, -0.25) is 0 Å². The quantitative estimate of drug-likeness (QED) is 0.873. The summed E-state index contributed by atoms with van der Waals surface area (Å²) in [6, 6.07) is 5.21. The van der Waals surface area contributed by atoms with Gasteiger partial charge in [-0.25, -0.2) is 9.78 Å². The van der Waals surface area contributed by atoms with Gasteiger partial charge in [-0.05, 0) is 30.7 Å². The number of carbonyl (C=O) groups is 1. The fourth-order valence-corrected chi connectivity index (χ4v) is 2.09. The van der Waals surface area contributed by atoms with E-state index in [0.29, 0.717) is 12.1 Å². The molecule has 0 atom stereocenters. The van der Waals surface area contributed by atoms with E-state index in [9.17, 15) is 4.79 Å². The molecule has 5 heteroatoms. The van der Waals surface area contributed by atoms with Crippen molar-refractivity contribution in [1.29, 1.82) is 0 Å². The van der Waals surface area contributed by atoms with Crippen molar-refractivity contribution in [2.24, 2.45) is 0 Å². The summed E-state index contributed by atoms with van der Waals surface area (Å²) in [5.74, 6) is -0.894. The van der Waals surface area contributed by atoms with E-state index >= 15 is 0 Å². The number of aromatic nitrogens is 1. The molecular weight excluding hydrogens is 236 g/mol. The number of thiazole rings is 1. The van der Waals surface area contributed by atoms with Crippen molar-refractivity contribution in [3.05, 3.63) is 45.9 Å². The van der Waals surface area contributed by atoms with Crippen molar-refractivity contribution in [3.63, 3.8) is 0 Å². The number of nitrogens with one attached hydrogen (secondary N) is 1. The highest BCUT2D eigenvalue weighted by Crippen LogP contribution is 2.16. The minimum atomic E-state index is -0.894. The number of rotatable bonds is 4. The molecule has 0 aliphatic carbocycles. The van der Waals surface area contributed by atoms with Crippen LogP contribution in [0.4, 0.5) is 5.69 Å². The van der Waals surface area contributed by atoms with Gasteiger partial charge in [-0.15, -0.1) is 11.3 Å². The van der Waals surface area contributed by atoms with Gasteiger partial charge in [0.1, 0.15) is 5.01 Å². The van der Waals surface area contributed by atoms with E-state index in [1.165, 1.54) is 0 Å². The molecule has 0 spiro atoms. The summed E-state index contributed by atoms with van der Waals surface area (Å²) in [6.45, 7) is 2.45. The van der Waals surface area contributed by atoms with Crippen LogP contribution in [0.1, 0.15) is 20.9 Å². The molecule has 1 aromatic carbocycles. The van der Waals surface area contributed by atoms with Gasteiger partial charge in [-0.1, -0.05) is 0 Å². The molecule has 1 heterocycles. The molecule has 0 saturated heterocycles. The van der Waals surface area contributed by atoms with Crippen molar-refractivity contribution in [1.82, 2.24) is 4.98 Å². The van der Waals surface area contributed by atoms with Gasteiger partial charge in [0.05, 0.1) is 12.1 Å². The van der Waals surface area contributed by atoms with Crippen LogP contribution in [0.2, 0.25) is 0 Å². The van der Waals surface area contributed by atoms with Crippen molar-refractivity contribution in [2.45, 2.75) is 13.5 Å². The summed E-state index contributed by atoms with van der Waals surface area (Å²) < 4.78 is 0. The molecule has 0 aliphatic rings. The van der Waals surface area contributed by atoms with E-state index in [1.54, 1.807) is 36.6 Å². The van der Waals surface area contributed by atoms with Crippen molar-refractivity contribution < 1.29 is 9.90 Å². The lowest BCUT2D eigenvalue weighted by Gasteiger charge is -2.07. The molecule has 0 radical (unpaired) electrons. The van der Waals surface area contributed by atoms with Crippen LogP contribution < -0.4 is 5.32 Å². The van der Waals surface area contributed by atoms with Gasteiger partial charge in [0, 0.05) is 17.3 Å². The molecule has 17 heavy (non-hydrogen) atoms. The first kappa shape index (κ1) is 11.6. The van der Waals surface area contributed by atoms with E-state index in [2.05, 4.69) is 10.3 Å². The highest BCUT2D eigenvalue weighted by molar-refractivity contribution is 7.09. The number of aryl methyl sites for hydroxylation is 1. The third-order valence-corrected chi connectivity index (χ3v) is 3.16. The Bertz CT molecular complexity index is 523. The zero-order valence-electron chi connectivity index (χ0n) is 9.30. The van der Waals surface area contributed by atoms with Crippen LogP contribution in [0.5, 0.6) is 0 Å². The van der Waals surface area contributed by atoms with Gasteiger partial charge in [-0.2, -0.15) is 0 Å². The first-order valence-corrected chi connectivity index (χ1v) is 6.01. The molecule has 1 aromatic heterocycles. The Morgan fingerprint density at radius 2 is 2.35 bits per heavy atom. The normalized spacial score (nSPS) is 10.2. The van der Waals surface area contributed by atoms with Crippen LogP contribution in [-0.4, -0.2) is 16.1 Å². The molecular formula is C12H12N2O2S. The molecule has 0 fully saturated rings. The maximum atomic E-state index is 10.8. The Kier molecular flexibility index (Phi) is 3.39. The summed E-state index contributed by atoms with van der Waals surface area (Å²) in [7, 11) is 0. The molecule has 0 saturated carbocycles. The molecule has 2 N–H and O–H groups in total. The second kappa shape index (κ2) is 4.97. The lowest BCUT2D eigenvalue weighted by Crippen LogP contribution is -2.02. The Balaban J connectivity index is 2.07. The van der Waals surface area contributed by atoms with E-state index in [1.807, 2.05) is 11.4 Å². The fraction of sp³-hybridized carbons (Fsp3) is 0.167. The number of aromatic carboxylic acids is 1. The smallest absolute Gasteiger partial charge is 0.335 e. The van der Waals surface area contributed by atoms with Crippen molar-refractivity contribution in [2.75, 3.05) is 5.32 Å². The Labute approximate surface area is 103 Å². The average Bonchev–Trinajstić information content (AvgIpc) is 2.78. The SMILES string of the molecule is Cc1cc(NCc2nccs2)ccc1C(=O)O. The molecule has 0 aliphatic heterocycles. The van der Waals surface area contributed by atoms with Crippen LogP contribution in [0.25, 0.3) is 0 Å². The number of nitrogens with zero attached hydrogens (tertiary/aromatic N) is 1. The Morgan fingerprint density at radius 1 is 1.53 bits per heavy atom. The summed E-state index contributed by atoms with van der Waals surface area (Å²) >= 11 is 1.59. The Hall–Kier alpha value is -1.88. The summed E-state index contributed by atoms with van der Waals surface area (Å²) in [5, 5.41) is 15.0. The number of hydrogen-bond donors (Lipinski definition) is 2. The molecule has 2 rings (SSSR count). The number of hydrogen-bond acceptors (Lipinski definition) is 4. The van der Waals surface area contributed by atoms with Gasteiger partial charge < -0.3 is 10.4 Å². The number of benzene rings is 1. The van der Waals surface area contributed by atoms with Crippen molar-refractivity contribution in [3.8, 4) is 0 Å². The monoisotopic (exact) mass is 248 g/mol. The zero-order chi connectivity index (χ0) is 12.3. The van der Waals surface area contributed by atoms with E-state index < -0.39 is 5.97 Å². The molecule has 88 valence electrons. The third kappa shape index (κ3) is 2.82. The Morgan fingerprint density at radius 3 is 2.94 bits per heavy atom. The fourth-order valence-electron chi connectivity index (χ4n) is 1.53. The van der Waals surface area contributed by atoms with Crippen LogP contribution in [0, 0.1) is 6.92 Å². The molecule has 0 amide bonds. The van der Waals surface area contributed by atoms with Gasteiger partial charge in [0.2, 0.25) is 0 Å². The summed E-state index contributed by atoms with van der Waals surface area (Å²) in [5.41, 5.74) is 1.99. The van der Waals surface area contributed by atoms with Crippen molar-refractivity contribution >= 4 is 23.0 Å². The molecule has 4 nitrogen and oxygen atoms in total. The lowest BCUT2D eigenvalue weighted by molar-refractivity contribution is 0.0696. The number of anilines is 1. The summed E-state index contributed by atoms with van der Waals surface area (Å²) in [4.78, 5) is 15.0. The second-order valence-corrected chi connectivity index (χ2v) is 4.59. The van der Waals surface area contributed by atoms with Gasteiger partial charge >= 0.3 is 5.97 Å². The molecule has 0 bridgehead atoms. The van der Waals surface area contributed by atoms with Gasteiger partial charge in [0.15, 0.2) is 0 Å². The first-order valence-electron chi connectivity index (χ1n) is 5.13. The average molecular weight is 248 g/mol. The first-order chi connectivity index (χ1) is 8.16.